The molecule has 1 aliphatic heterocycles. The molecule has 1 saturated heterocycles. The van der Waals surface area contributed by atoms with Gasteiger partial charge in [0.15, 0.2) is 0 Å². The van der Waals surface area contributed by atoms with E-state index in [2.05, 4.69) is 34.7 Å². The Hall–Kier alpha value is -2.09. The monoisotopic (exact) mass is 431 g/mol. The molecule has 0 radical (unpaired) electrons. The van der Waals surface area contributed by atoms with E-state index in [1.165, 1.54) is 22.5 Å². The molecule has 2 aromatic carbocycles. The molecule has 0 spiro atoms. The average Bonchev–Trinajstić information content (AvgIpc) is 2.72. The lowest BCUT2D eigenvalue weighted by Gasteiger charge is -2.36. The second-order valence-electron chi connectivity index (χ2n) is 8.10. The maximum absolute atomic E-state index is 12.3. The lowest BCUT2D eigenvalue weighted by Crippen LogP contribution is -2.43. The normalized spacial score (nSPS) is 17.8. The van der Waals surface area contributed by atoms with Gasteiger partial charge in [0.1, 0.15) is 5.75 Å². The molecule has 1 unspecified atom stereocenters. The van der Waals surface area contributed by atoms with Gasteiger partial charge in [0.05, 0.1) is 19.1 Å². The number of anilines is 1. The van der Waals surface area contributed by atoms with Crippen LogP contribution in [0, 0.1) is 0 Å². The van der Waals surface area contributed by atoms with Gasteiger partial charge >= 0.3 is 0 Å². The molecular weight excluding hydrogens is 398 g/mol. The molecule has 30 heavy (non-hydrogen) atoms. The Balaban J connectivity index is 1.83. The predicted molar refractivity (Wildman–Crippen MR) is 122 cm³/mol. The van der Waals surface area contributed by atoms with Crippen molar-refractivity contribution < 1.29 is 13.2 Å². The maximum Gasteiger partial charge on any atom is 0.232 e. The van der Waals surface area contributed by atoms with Gasteiger partial charge in [-0.05, 0) is 50.5 Å². The minimum absolute atomic E-state index is 0.168. The van der Waals surface area contributed by atoms with Crippen molar-refractivity contribution in [2.45, 2.75) is 51.7 Å². The molecule has 1 fully saturated rings. The quantitative estimate of drug-likeness (QED) is 0.682. The van der Waals surface area contributed by atoms with Crippen LogP contribution < -0.4 is 14.5 Å². The highest BCUT2D eigenvalue weighted by atomic mass is 32.2. The average molecular weight is 432 g/mol. The fourth-order valence-corrected chi connectivity index (χ4v) is 5.50. The summed E-state index contributed by atoms with van der Waals surface area (Å²) in [7, 11) is -1.73. The minimum atomic E-state index is -3.37. The maximum atomic E-state index is 12.3. The van der Waals surface area contributed by atoms with Crippen molar-refractivity contribution >= 4 is 15.7 Å². The van der Waals surface area contributed by atoms with E-state index in [1.807, 2.05) is 32.0 Å². The molecule has 3 rings (SSSR count). The largest absolute Gasteiger partial charge is 0.496 e. The number of hydrogen-bond acceptors (Lipinski definition) is 5. The zero-order valence-electron chi connectivity index (χ0n) is 18.3. The van der Waals surface area contributed by atoms with Crippen molar-refractivity contribution in [2.75, 3.05) is 24.2 Å². The summed E-state index contributed by atoms with van der Waals surface area (Å²) in [5.74, 6) is 0.747. The molecule has 0 aromatic heterocycles. The number of nitrogens with zero attached hydrogens (tertiary/aromatic N) is 2. The zero-order valence-corrected chi connectivity index (χ0v) is 19.2. The zero-order chi connectivity index (χ0) is 21.7. The predicted octanol–water partition coefficient (Wildman–Crippen LogP) is 4.10. The van der Waals surface area contributed by atoms with Crippen molar-refractivity contribution in [1.82, 2.24) is 10.4 Å². The van der Waals surface area contributed by atoms with Crippen molar-refractivity contribution in [3.63, 3.8) is 0 Å². The fourth-order valence-electron chi connectivity index (χ4n) is 4.24. The summed E-state index contributed by atoms with van der Waals surface area (Å²) in [4.78, 5) is 0. The standard InChI is InChI=1S/C23H33N3O3S/c1-18(2)26(30(4,27)28)21-13-14-23(29-3)20(16-21)17-24-25-15-9-8-12-22(25)19-10-6-5-7-11-19/h5-7,10-11,13-14,16,18,22,24H,8-9,12,15,17H2,1-4H3. The van der Waals surface area contributed by atoms with E-state index in [0.717, 1.165) is 30.7 Å². The third-order valence-electron chi connectivity index (χ3n) is 5.50. The summed E-state index contributed by atoms with van der Waals surface area (Å²) < 4.78 is 31.6. The van der Waals surface area contributed by atoms with Gasteiger partial charge in [0.25, 0.3) is 0 Å². The summed E-state index contributed by atoms with van der Waals surface area (Å²) in [6.45, 7) is 5.29. The van der Waals surface area contributed by atoms with Crippen LogP contribution in [0.1, 0.15) is 50.3 Å². The Bertz CT molecular complexity index is 932. The number of sulfonamides is 1. The summed E-state index contributed by atoms with van der Waals surface area (Å²) in [5.41, 5.74) is 6.48. The molecule has 1 heterocycles. The molecule has 1 N–H and O–H groups in total. The first-order valence-corrected chi connectivity index (χ1v) is 12.4. The summed E-state index contributed by atoms with van der Waals surface area (Å²) in [6.07, 6.45) is 4.73. The van der Waals surface area contributed by atoms with Crippen molar-refractivity contribution in [1.29, 1.82) is 0 Å². The third-order valence-corrected chi connectivity index (χ3v) is 6.85. The summed E-state index contributed by atoms with van der Waals surface area (Å²) >= 11 is 0. The van der Waals surface area contributed by atoms with Crippen LogP contribution in [0.15, 0.2) is 48.5 Å². The molecule has 1 aliphatic rings. The minimum Gasteiger partial charge on any atom is -0.496 e. The van der Waals surface area contributed by atoms with Crippen molar-refractivity contribution in [2.24, 2.45) is 0 Å². The molecule has 0 bridgehead atoms. The summed E-state index contributed by atoms with van der Waals surface area (Å²) in [6, 6.07) is 16.3. The first-order chi connectivity index (χ1) is 14.3. The van der Waals surface area contributed by atoms with Gasteiger partial charge in [-0.3, -0.25) is 9.73 Å². The van der Waals surface area contributed by atoms with Crippen LogP contribution in [0.2, 0.25) is 0 Å². The molecule has 0 aliphatic carbocycles. The number of nitrogens with one attached hydrogen (secondary N) is 1. The van der Waals surface area contributed by atoms with Gasteiger partial charge in [0.2, 0.25) is 10.0 Å². The van der Waals surface area contributed by atoms with Gasteiger partial charge in [-0.25, -0.2) is 13.4 Å². The van der Waals surface area contributed by atoms with Gasteiger partial charge in [-0.1, -0.05) is 36.8 Å². The van der Waals surface area contributed by atoms with Crippen LogP contribution in [0.3, 0.4) is 0 Å². The lowest BCUT2D eigenvalue weighted by atomic mass is 9.97. The number of hydrazine groups is 1. The van der Waals surface area contributed by atoms with E-state index in [1.54, 1.807) is 13.2 Å². The molecule has 2 aromatic rings. The molecule has 1 atom stereocenters. The van der Waals surface area contributed by atoms with Gasteiger partial charge in [-0.2, -0.15) is 0 Å². The second-order valence-corrected chi connectivity index (χ2v) is 9.96. The Labute approximate surface area is 180 Å². The Morgan fingerprint density at radius 2 is 1.90 bits per heavy atom. The summed E-state index contributed by atoms with van der Waals surface area (Å²) in [5, 5.41) is 2.31. The molecule has 164 valence electrons. The fraction of sp³-hybridized carbons (Fsp3) is 0.478. The van der Waals surface area contributed by atoms with Gasteiger partial charge in [-0.15, -0.1) is 0 Å². The highest BCUT2D eigenvalue weighted by Gasteiger charge is 2.25. The number of hydrogen-bond donors (Lipinski definition) is 1. The van der Waals surface area contributed by atoms with Crippen molar-refractivity contribution in [3.05, 3.63) is 59.7 Å². The Morgan fingerprint density at radius 1 is 1.17 bits per heavy atom. The van der Waals surface area contributed by atoms with E-state index in [-0.39, 0.29) is 6.04 Å². The van der Waals surface area contributed by atoms with Crippen LogP contribution in [0.5, 0.6) is 5.75 Å². The first-order valence-electron chi connectivity index (χ1n) is 10.5. The van der Waals surface area contributed by atoms with Crippen LogP contribution in [-0.4, -0.2) is 39.4 Å². The third kappa shape index (κ3) is 5.33. The highest BCUT2D eigenvalue weighted by molar-refractivity contribution is 7.92. The Morgan fingerprint density at radius 3 is 2.53 bits per heavy atom. The first kappa shape index (κ1) is 22.6. The van der Waals surface area contributed by atoms with Crippen LogP contribution in [0.4, 0.5) is 5.69 Å². The van der Waals surface area contributed by atoms with Crippen LogP contribution >= 0.6 is 0 Å². The van der Waals surface area contributed by atoms with Gasteiger partial charge in [0, 0.05) is 30.7 Å². The number of benzene rings is 2. The van der Waals surface area contributed by atoms with E-state index in [0.29, 0.717) is 18.3 Å². The van der Waals surface area contributed by atoms with E-state index in [4.69, 9.17) is 4.74 Å². The molecule has 6 nitrogen and oxygen atoms in total. The molecule has 0 amide bonds. The highest BCUT2D eigenvalue weighted by Crippen LogP contribution is 2.31. The number of ether oxygens (including phenoxy) is 1. The lowest BCUT2D eigenvalue weighted by molar-refractivity contribution is 0.0822. The number of piperidine rings is 1. The molecule has 0 saturated carbocycles. The van der Waals surface area contributed by atoms with E-state index < -0.39 is 10.0 Å². The number of methoxy groups -OCH3 is 1. The topological polar surface area (TPSA) is 61.9 Å². The number of rotatable bonds is 8. The molecule has 7 heteroatoms. The second kappa shape index (κ2) is 9.81. The van der Waals surface area contributed by atoms with E-state index >= 15 is 0 Å². The Kier molecular flexibility index (Phi) is 7.39. The van der Waals surface area contributed by atoms with Crippen LogP contribution in [0.25, 0.3) is 0 Å². The van der Waals surface area contributed by atoms with Crippen LogP contribution in [-0.2, 0) is 16.6 Å². The molecular formula is C23H33N3O3S. The van der Waals surface area contributed by atoms with Gasteiger partial charge < -0.3 is 4.74 Å². The van der Waals surface area contributed by atoms with Crippen molar-refractivity contribution in [3.8, 4) is 5.75 Å². The SMILES string of the molecule is COc1ccc(N(C(C)C)S(C)(=O)=O)cc1CNN1CCCCC1c1ccccc1. The van der Waals surface area contributed by atoms with E-state index in [9.17, 15) is 8.42 Å². The smallest absolute Gasteiger partial charge is 0.232 e.